The molecule has 1 N–H and O–H groups in total. The van der Waals surface area contributed by atoms with E-state index in [4.69, 9.17) is 4.74 Å². The van der Waals surface area contributed by atoms with Gasteiger partial charge >= 0.3 is 0 Å². The van der Waals surface area contributed by atoms with Crippen LogP contribution in [0.25, 0.3) is 0 Å². The summed E-state index contributed by atoms with van der Waals surface area (Å²) < 4.78 is 5.29. The van der Waals surface area contributed by atoms with E-state index in [1.807, 2.05) is 6.92 Å². The van der Waals surface area contributed by atoms with Gasteiger partial charge in [0.05, 0.1) is 12.2 Å². The summed E-state index contributed by atoms with van der Waals surface area (Å²) in [5.41, 5.74) is 0. The number of hydrogen-bond donors (Lipinski definition) is 1. The SMILES string of the molecule is CC[C@H]1OCCCC1O. The molecule has 0 aromatic rings. The quantitative estimate of drug-likeness (QED) is 0.572. The lowest BCUT2D eigenvalue weighted by molar-refractivity contribution is -0.0745. The summed E-state index contributed by atoms with van der Waals surface area (Å²) in [7, 11) is 0. The second-order valence-corrected chi connectivity index (χ2v) is 2.53. The maximum atomic E-state index is 9.24. The van der Waals surface area contributed by atoms with Crippen LogP contribution in [-0.4, -0.2) is 23.9 Å². The van der Waals surface area contributed by atoms with Crippen LogP contribution in [0.3, 0.4) is 0 Å². The Hall–Kier alpha value is -0.0800. The molecule has 0 aliphatic carbocycles. The Morgan fingerprint density at radius 2 is 2.44 bits per heavy atom. The van der Waals surface area contributed by atoms with Gasteiger partial charge in [-0.15, -0.1) is 0 Å². The molecule has 2 nitrogen and oxygen atoms in total. The van der Waals surface area contributed by atoms with E-state index in [9.17, 15) is 5.11 Å². The minimum absolute atomic E-state index is 0.110. The Labute approximate surface area is 55.8 Å². The molecule has 1 aliphatic rings. The van der Waals surface area contributed by atoms with Gasteiger partial charge in [0, 0.05) is 6.61 Å². The first-order valence-electron chi connectivity index (χ1n) is 3.64. The van der Waals surface area contributed by atoms with Crippen molar-refractivity contribution in [2.24, 2.45) is 0 Å². The average Bonchev–Trinajstić information content (AvgIpc) is 1.89. The summed E-state index contributed by atoms with van der Waals surface area (Å²) in [6.45, 7) is 2.87. The lowest BCUT2D eigenvalue weighted by Gasteiger charge is -2.26. The molecule has 54 valence electrons. The van der Waals surface area contributed by atoms with Crippen LogP contribution >= 0.6 is 0 Å². The van der Waals surface area contributed by atoms with Crippen LogP contribution in [0, 0.1) is 0 Å². The molecule has 9 heavy (non-hydrogen) atoms. The number of ether oxygens (including phenoxy) is 1. The Kier molecular flexibility index (Phi) is 2.49. The molecular formula is C7H14O2. The number of aliphatic hydroxyl groups is 1. The van der Waals surface area contributed by atoms with E-state index < -0.39 is 0 Å². The molecule has 1 saturated heterocycles. The highest BCUT2D eigenvalue weighted by atomic mass is 16.5. The third-order valence-electron chi connectivity index (χ3n) is 1.81. The molecule has 0 radical (unpaired) electrons. The summed E-state index contributed by atoms with van der Waals surface area (Å²) in [6.07, 6.45) is 2.76. The molecule has 0 bridgehead atoms. The molecule has 1 heterocycles. The zero-order valence-corrected chi connectivity index (χ0v) is 5.84. The van der Waals surface area contributed by atoms with Gasteiger partial charge in [-0.25, -0.2) is 0 Å². The van der Waals surface area contributed by atoms with Gasteiger partial charge < -0.3 is 9.84 Å². The minimum Gasteiger partial charge on any atom is -0.390 e. The van der Waals surface area contributed by atoms with Crippen molar-refractivity contribution >= 4 is 0 Å². The minimum atomic E-state index is -0.205. The van der Waals surface area contributed by atoms with Gasteiger partial charge in [0.1, 0.15) is 0 Å². The second-order valence-electron chi connectivity index (χ2n) is 2.53. The zero-order valence-electron chi connectivity index (χ0n) is 5.84. The summed E-state index contributed by atoms with van der Waals surface area (Å²) in [4.78, 5) is 0. The van der Waals surface area contributed by atoms with Gasteiger partial charge in [-0.2, -0.15) is 0 Å². The largest absolute Gasteiger partial charge is 0.390 e. The Morgan fingerprint density at radius 1 is 1.67 bits per heavy atom. The fourth-order valence-corrected chi connectivity index (χ4v) is 1.21. The third kappa shape index (κ3) is 1.66. The Balaban J connectivity index is 2.30. The summed E-state index contributed by atoms with van der Waals surface area (Å²) in [5, 5.41) is 9.24. The van der Waals surface area contributed by atoms with E-state index in [2.05, 4.69) is 0 Å². The fraction of sp³-hybridized carbons (Fsp3) is 1.00. The molecule has 2 atom stereocenters. The van der Waals surface area contributed by atoms with Crippen molar-refractivity contribution in [3.8, 4) is 0 Å². The van der Waals surface area contributed by atoms with Gasteiger partial charge in [0.2, 0.25) is 0 Å². The van der Waals surface area contributed by atoms with Crippen LogP contribution in [0.5, 0.6) is 0 Å². The smallest absolute Gasteiger partial charge is 0.0831 e. The van der Waals surface area contributed by atoms with E-state index in [1.54, 1.807) is 0 Å². The number of rotatable bonds is 1. The summed E-state index contributed by atoms with van der Waals surface area (Å²) >= 11 is 0. The molecule has 1 aliphatic heterocycles. The highest BCUT2D eigenvalue weighted by Gasteiger charge is 2.21. The molecule has 0 amide bonds. The highest BCUT2D eigenvalue weighted by molar-refractivity contribution is 4.71. The summed E-state index contributed by atoms with van der Waals surface area (Å²) in [6, 6.07) is 0. The number of aliphatic hydroxyl groups excluding tert-OH is 1. The number of hydrogen-bond acceptors (Lipinski definition) is 2. The van der Waals surface area contributed by atoms with Crippen molar-refractivity contribution < 1.29 is 9.84 Å². The van der Waals surface area contributed by atoms with Crippen molar-refractivity contribution in [1.29, 1.82) is 0 Å². The molecule has 0 aromatic heterocycles. The maximum Gasteiger partial charge on any atom is 0.0831 e. The molecule has 1 rings (SSSR count). The van der Waals surface area contributed by atoms with Gasteiger partial charge in [0.15, 0.2) is 0 Å². The van der Waals surface area contributed by atoms with Crippen LogP contribution in [0.15, 0.2) is 0 Å². The molecule has 0 aromatic carbocycles. The lowest BCUT2D eigenvalue weighted by atomic mass is 10.0. The van der Waals surface area contributed by atoms with Crippen molar-refractivity contribution in [1.82, 2.24) is 0 Å². The van der Waals surface area contributed by atoms with Crippen molar-refractivity contribution in [2.45, 2.75) is 38.4 Å². The van der Waals surface area contributed by atoms with E-state index in [-0.39, 0.29) is 12.2 Å². The van der Waals surface area contributed by atoms with Crippen LogP contribution in [0.1, 0.15) is 26.2 Å². The molecule has 1 fully saturated rings. The molecular weight excluding hydrogens is 116 g/mol. The van der Waals surface area contributed by atoms with Crippen molar-refractivity contribution in [2.75, 3.05) is 6.61 Å². The van der Waals surface area contributed by atoms with Gasteiger partial charge in [0.25, 0.3) is 0 Å². The zero-order chi connectivity index (χ0) is 6.69. The summed E-state index contributed by atoms with van der Waals surface area (Å²) in [5.74, 6) is 0. The predicted molar refractivity (Wildman–Crippen MR) is 35.3 cm³/mol. The van der Waals surface area contributed by atoms with Crippen molar-refractivity contribution in [3.05, 3.63) is 0 Å². The maximum absolute atomic E-state index is 9.24. The third-order valence-corrected chi connectivity index (χ3v) is 1.81. The molecule has 0 saturated carbocycles. The first-order valence-corrected chi connectivity index (χ1v) is 3.64. The standard InChI is InChI=1S/C7H14O2/c1-2-7-6(8)4-3-5-9-7/h6-8H,2-5H2,1H3/t6?,7-/m1/s1. The first-order chi connectivity index (χ1) is 4.34. The Morgan fingerprint density at radius 3 is 2.89 bits per heavy atom. The van der Waals surface area contributed by atoms with E-state index in [0.29, 0.717) is 0 Å². The van der Waals surface area contributed by atoms with Crippen LogP contribution in [-0.2, 0) is 4.74 Å². The molecule has 1 unspecified atom stereocenters. The Bertz CT molecular complexity index is 83.0. The highest BCUT2D eigenvalue weighted by Crippen LogP contribution is 2.15. The van der Waals surface area contributed by atoms with Gasteiger partial charge in [-0.1, -0.05) is 6.92 Å². The fourth-order valence-electron chi connectivity index (χ4n) is 1.21. The second kappa shape index (κ2) is 3.18. The topological polar surface area (TPSA) is 29.5 Å². The molecule has 2 heteroatoms. The van der Waals surface area contributed by atoms with E-state index >= 15 is 0 Å². The van der Waals surface area contributed by atoms with Crippen molar-refractivity contribution in [3.63, 3.8) is 0 Å². The van der Waals surface area contributed by atoms with E-state index in [0.717, 1.165) is 25.9 Å². The predicted octanol–water partition coefficient (Wildman–Crippen LogP) is 0.936. The molecule has 0 spiro atoms. The van der Waals surface area contributed by atoms with Crippen LogP contribution in [0.2, 0.25) is 0 Å². The van der Waals surface area contributed by atoms with Crippen LogP contribution in [0.4, 0.5) is 0 Å². The average molecular weight is 130 g/mol. The van der Waals surface area contributed by atoms with E-state index in [1.165, 1.54) is 0 Å². The first kappa shape index (κ1) is 7.03. The van der Waals surface area contributed by atoms with Crippen LogP contribution < -0.4 is 0 Å². The van der Waals surface area contributed by atoms with Gasteiger partial charge in [-0.3, -0.25) is 0 Å². The normalized spacial score (nSPS) is 36.7. The monoisotopic (exact) mass is 130 g/mol. The lowest BCUT2D eigenvalue weighted by Crippen LogP contribution is -2.33. The van der Waals surface area contributed by atoms with Gasteiger partial charge in [-0.05, 0) is 19.3 Å².